The van der Waals surface area contributed by atoms with Gasteiger partial charge in [-0.05, 0) is 38.2 Å². The normalized spacial score (nSPS) is 20.6. The SMILES string of the molecule is CSC(=NS(=O)(=O)c1ccc(C)cc1)N1CC2(C=N1)CCCC2. The number of hydrazone groups is 1. The molecular formula is C16H21N3O2S2. The van der Waals surface area contributed by atoms with Gasteiger partial charge in [-0.1, -0.05) is 42.3 Å². The average Bonchev–Trinajstić information content (AvgIpc) is 3.16. The van der Waals surface area contributed by atoms with Crippen molar-refractivity contribution < 1.29 is 8.42 Å². The highest BCUT2D eigenvalue weighted by Crippen LogP contribution is 2.40. The van der Waals surface area contributed by atoms with Gasteiger partial charge >= 0.3 is 0 Å². The maximum atomic E-state index is 12.5. The van der Waals surface area contributed by atoms with Crippen LogP contribution in [0, 0.1) is 12.3 Å². The third kappa shape index (κ3) is 3.45. The fraction of sp³-hybridized carbons (Fsp3) is 0.500. The van der Waals surface area contributed by atoms with Crippen LogP contribution in [0.1, 0.15) is 31.2 Å². The number of rotatable bonds is 2. The van der Waals surface area contributed by atoms with E-state index in [1.165, 1.54) is 24.6 Å². The van der Waals surface area contributed by atoms with E-state index in [4.69, 9.17) is 0 Å². The van der Waals surface area contributed by atoms with E-state index >= 15 is 0 Å². The Morgan fingerprint density at radius 1 is 1.26 bits per heavy atom. The van der Waals surface area contributed by atoms with Crippen molar-refractivity contribution >= 4 is 33.2 Å². The molecule has 0 N–H and O–H groups in total. The Labute approximate surface area is 141 Å². The molecule has 1 spiro atoms. The van der Waals surface area contributed by atoms with Crippen molar-refractivity contribution in [2.45, 2.75) is 37.5 Å². The lowest BCUT2D eigenvalue weighted by atomic mass is 9.89. The van der Waals surface area contributed by atoms with Gasteiger partial charge in [0.2, 0.25) is 0 Å². The number of amidine groups is 1. The average molecular weight is 351 g/mol. The minimum atomic E-state index is -3.71. The summed E-state index contributed by atoms with van der Waals surface area (Å²) in [7, 11) is -3.71. The summed E-state index contributed by atoms with van der Waals surface area (Å²) in [4.78, 5) is 0.216. The standard InChI is InChI=1S/C16H21N3O2S2/c1-13-5-7-14(8-6-13)23(20,21)18-15(22-2)19-12-16(11-17-19)9-3-4-10-16/h5-8,11H,3-4,9-10,12H2,1-2H3. The van der Waals surface area contributed by atoms with Crippen molar-refractivity contribution in [3.63, 3.8) is 0 Å². The highest BCUT2D eigenvalue weighted by molar-refractivity contribution is 8.13. The molecule has 0 bridgehead atoms. The molecule has 5 nitrogen and oxygen atoms in total. The predicted molar refractivity (Wildman–Crippen MR) is 95.4 cm³/mol. The first kappa shape index (κ1) is 16.5. The molecule has 0 unspecified atom stereocenters. The molecule has 0 saturated heterocycles. The fourth-order valence-electron chi connectivity index (χ4n) is 3.11. The highest BCUT2D eigenvalue weighted by atomic mass is 32.2. The van der Waals surface area contributed by atoms with E-state index in [1.54, 1.807) is 29.3 Å². The molecule has 1 aromatic rings. The summed E-state index contributed by atoms with van der Waals surface area (Å²) >= 11 is 1.32. The lowest BCUT2D eigenvalue weighted by molar-refractivity contribution is 0.352. The van der Waals surface area contributed by atoms with E-state index < -0.39 is 10.0 Å². The van der Waals surface area contributed by atoms with Crippen molar-refractivity contribution in [1.29, 1.82) is 0 Å². The summed E-state index contributed by atoms with van der Waals surface area (Å²) in [5.74, 6) is 0. The van der Waals surface area contributed by atoms with E-state index in [0.29, 0.717) is 5.17 Å². The molecule has 23 heavy (non-hydrogen) atoms. The largest absolute Gasteiger partial charge is 0.284 e. The molecule has 1 aromatic carbocycles. The van der Waals surface area contributed by atoms with Crippen LogP contribution >= 0.6 is 11.8 Å². The number of hydrogen-bond donors (Lipinski definition) is 0. The molecule has 0 radical (unpaired) electrons. The van der Waals surface area contributed by atoms with Crippen LogP contribution < -0.4 is 0 Å². The van der Waals surface area contributed by atoms with Crippen LogP contribution in [0.4, 0.5) is 0 Å². The molecule has 7 heteroatoms. The molecule has 2 aliphatic rings. The smallest absolute Gasteiger partial charge is 0.241 e. The van der Waals surface area contributed by atoms with Crippen LogP contribution in [0.3, 0.4) is 0 Å². The van der Waals surface area contributed by atoms with Crippen LogP contribution in [0.5, 0.6) is 0 Å². The summed E-state index contributed by atoms with van der Waals surface area (Å²) < 4.78 is 29.0. The predicted octanol–water partition coefficient (Wildman–Crippen LogP) is 3.26. The van der Waals surface area contributed by atoms with Crippen LogP contribution in [0.15, 0.2) is 38.7 Å². The number of hydrogen-bond acceptors (Lipinski definition) is 4. The highest BCUT2D eigenvalue weighted by Gasteiger charge is 2.39. The van der Waals surface area contributed by atoms with Gasteiger partial charge in [-0.25, -0.2) is 5.01 Å². The number of sulfonamides is 1. The Bertz CT molecular complexity index is 733. The van der Waals surface area contributed by atoms with E-state index in [-0.39, 0.29) is 10.3 Å². The minimum absolute atomic E-state index is 0.115. The van der Waals surface area contributed by atoms with E-state index in [2.05, 4.69) is 9.50 Å². The molecule has 1 aliphatic heterocycles. The van der Waals surface area contributed by atoms with Gasteiger partial charge in [0.15, 0.2) is 5.17 Å². The second kappa shape index (κ2) is 6.28. The van der Waals surface area contributed by atoms with Crippen molar-refractivity contribution in [2.75, 3.05) is 12.8 Å². The van der Waals surface area contributed by atoms with Gasteiger partial charge in [-0.3, -0.25) is 0 Å². The van der Waals surface area contributed by atoms with Crippen molar-refractivity contribution in [1.82, 2.24) is 5.01 Å². The number of benzene rings is 1. The maximum Gasteiger partial charge on any atom is 0.284 e. The maximum absolute atomic E-state index is 12.5. The zero-order valence-electron chi connectivity index (χ0n) is 13.4. The number of thioether (sulfide) groups is 1. The monoisotopic (exact) mass is 351 g/mol. The second-order valence-corrected chi connectivity index (χ2v) is 8.62. The van der Waals surface area contributed by atoms with Gasteiger partial charge in [0.05, 0.1) is 11.4 Å². The molecule has 1 fully saturated rings. The summed E-state index contributed by atoms with van der Waals surface area (Å²) in [6, 6.07) is 6.75. The Hall–Kier alpha value is -1.34. The van der Waals surface area contributed by atoms with Gasteiger partial charge in [-0.2, -0.15) is 13.5 Å². The third-order valence-electron chi connectivity index (χ3n) is 4.46. The van der Waals surface area contributed by atoms with E-state index in [9.17, 15) is 8.42 Å². The van der Waals surface area contributed by atoms with Gasteiger partial charge < -0.3 is 0 Å². The third-order valence-corrected chi connectivity index (χ3v) is 6.52. The fourth-order valence-corrected chi connectivity index (χ4v) is 4.91. The lowest BCUT2D eigenvalue weighted by Gasteiger charge is -2.22. The van der Waals surface area contributed by atoms with Crippen molar-refractivity contribution in [3.05, 3.63) is 29.8 Å². The van der Waals surface area contributed by atoms with Gasteiger partial charge in [-0.15, -0.1) is 4.40 Å². The summed E-state index contributed by atoms with van der Waals surface area (Å²) in [6.07, 6.45) is 8.50. The second-order valence-electron chi connectivity index (χ2n) is 6.24. The molecule has 3 rings (SSSR count). The lowest BCUT2D eigenvalue weighted by Crippen LogP contribution is -2.30. The zero-order valence-corrected chi connectivity index (χ0v) is 15.0. The van der Waals surface area contributed by atoms with Crippen molar-refractivity contribution in [2.24, 2.45) is 14.9 Å². The molecule has 0 amide bonds. The molecule has 1 aliphatic carbocycles. The molecular weight excluding hydrogens is 330 g/mol. The quantitative estimate of drug-likeness (QED) is 0.606. The first-order valence-electron chi connectivity index (χ1n) is 7.72. The Morgan fingerprint density at radius 2 is 1.91 bits per heavy atom. The number of aryl methyl sites for hydroxylation is 1. The Morgan fingerprint density at radius 3 is 2.52 bits per heavy atom. The van der Waals surface area contributed by atoms with Crippen molar-refractivity contribution in [3.8, 4) is 0 Å². The van der Waals surface area contributed by atoms with E-state index in [1.807, 2.05) is 19.4 Å². The summed E-state index contributed by atoms with van der Waals surface area (Å²) in [5.41, 5.74) is 1.13. The van der Waals surface area contributed by atoms with Crippen LogP contribution in [0.25, 0.3) is 0 Å². The molecule has 124 valence electrons. The van der Waals surface area contributed by atoms with Gasteiger partial charge in [0.1, 0.15) is 0 Å². The van der Waals surface area contributed by atoms with Crippen LogP contribution in [-0.4, -0.2) is 37.6 Å². The molecule has 1 saturated carbocycles. The molecule has 0 atom stereocenters. The zero-order chi connectivity index (χ0) is 16.5. The van der Waals surface area contributed by atoms with Gasteiger partial charge in [0.25, 0.3) is 10.0 Å². The molecule has 0 aromatic heterocycles. The minimum Gasteiger partial charge on any atom is -0.241 e. The van der Waals surface area contributed by atoms with E-state index in [0.717, 1.165) is 24.9 Å². The molecule has 1 heterocycles. The van der Waals surface area contributed by atoms with Crippen LogP contribution in [-0.2, 0) is 10.0 Å². The van der Waals surface area contributed by atoms with Crippen LogP contribution in [0.2, 0.25) is 0 Å². The first-order valence-corrected chi connectivity index (χ1v) is 10.4. The van der Waals surface area contributed by atoms with Gasteiger partial charge in [0, 0.05) is 11.6 Å². The Kier molecular flexibility index (Phi) is 4.51. The topological polar surface area (TPSA) is 62.1 Å². The summed E-state index contributed by atoms with van der Waals surface area (Å²) in [6.45, 7) is 2.66. The Balaban J connectivity index is 1.84. The number of nitrogens with zero attached hydrogens (tertiary/aromatic N) is 3. The summed E-state index contributed by atoms with van der Waals surface area (Å²) in [5, 5.41) is 6.60. The first-order chi connectivity index (χ1) is 10.9.